The maximum Gasteiger partial charge on any atom is 0.122 e. The molecule has 0 bridgehead atoms. The molecule has 0 aliphatic carbocycles. The molecule has 0 saturated carbocycles. The van der Waals surface area contributed by atoms with Gasteiger partial charge in [0.2, 0.25) is 0 Å². The van der Waals surface area contributed by atoms with Gasteiger partial charge in [-0.25, -0.2) is 0 Å². The second-order valence-corrected chi connectivity index (χ2v) is 5.47. The summed E-state index contributed by atoms with van der Waals surface area (Å²) in [7, 11) is 0. The zero-order valence-electron chi connectivity index (χ0n) is 12.2. The van der Waals surface area contributed by atoms with Gasteiger partial charge in [0.15, 0.2) is 0 Å². The molecule has 1 heterocycles. The minimum absolute atomic E-state index is 0.430. The predicted molar refractivity (Wildman–Crippen MR) is 87.0 cm³/mol. The van der Waals surface area contributed by atoms with Crippen LogP contribution in [0, 0.1) is 0 Å². The Labute approximate surface area is 126 Å². The molecular formula is C18H22N2O. The molecule has 0 amide bonds. The van der Waals surface area contributed by atoms with Crippen LogP contribution in [0.1, 0.15) is 17.9 Å². The van der Waals surface area contributed by atoms with Crippen molar-refractivity contribution in [3.8, 4) is 5.75 Å². The number of nitrogens with two attached hydrogens (primary N) is 1. The van der Waals surface area contributed by atoms with Gasteiger partial charge in [-0.1, -0.05) is 36.4 Å². The quantitative estimate of drug-likeness (QED) is 0.885. The van der Waals surface area contributed by atoms with Crippen molar-refractivity contribution in [1.29, 1.82) is 0 Å². The standard InChI is InChI=1S/C18H22N2O/c19-11-6-12-20(16-7-2-1-3-8-16)13-15-14-21-18-10-5-4-9-17(15)18/h1-5,7-10,15H,6,11-14,19H2. The van der Waals surface area contributed by atoms with E-state index in [1.54, 1.807) is 0 Å². The molecule has 1 unspecified atom stereocenters. The van der Waals surface area contributed by atoms with Crippen LogP contribution in [0.4, 0.5) is 5.69 Å². The van der Waals surface area contributed by atoms with E-state index in [0.29, 0.717) is 5.92 Å². The number of para-hydroxylation sites is 2. The van der Waals surface area contributed by atoms with Crippen LogP contribution in [0.3, 0.4) is 0 Å². The number of nitrogens with zero attached hydrogens (tertiary/aromatic N) is 1. The van der Waals surface area contributed by atoms with Crippen LogP contribution in [0.25, 0.3) is 0 Å². The summed E-state index contributed by atoms with van der Waals surface area (Å²) in [4.78, 5) is 2.42. The van der Waals surface area contributed by atoms with Crippen LogP contribution in [0.5, 0.6) is 5.75 Å². The van der Waals surface area contributed by atoms with E-state index in [-0.39, 0.29) is 0 Å². The molecule has 110 valence electrons. The summed E-state index contributed by atoms with van der Waals surface area (Å²) in [6, 6.07) is 18.9. The van der Waals surface area contributed by atoms with E-state index < -0.39 is 0 Å². The van der Waals surface area contributed by atoms with E-state index >= 15 is 0 Å². The second-order valence-electron chi connectivity index (χ2n) is 5.47. The van der Waals surface area contributed by atoms with Gasteiger partial charge in [-0.3, -0.25) is 0 Å². The Morgan fingerprint density at radius 3 is 2.62 bits per heavy atom. The van der Waals surface area contributed by atoms with Crippen molar-refractivity contribution >= 4 is 5.69 Å². The molecule has 0 saturated heterocycles. The first-order chi connectivity index (χ1) is 10.4. The van der Waals surface area contributed by atoms with Crippen LogP contribution in [0.2, 0.25) is 0 Å². The Bertz CT molecular complexity index is 570. The van der Waals surface area contributed by atoms with Gasteiger partial charge in [-0.05, 0) is 31.2 Å². The summed E-state index contributed by atoms with van der Waals surface area (Å²) in [6.45, 7) is 3.45. The lowest BCUT2D eigenvalue weighted by molar-refractivity contribution is 0.330. The van der Waals surface area contributed by atoms with Gasteiger partial charge in [0.25, 0.3) is 0 Å². The predicted octanol–water partition coefficient (Wildman–Crippen LogP) is 3.02. The summed E-state index contributed by atoms with van der Waals surface area (Å²) in [6.07, 6.45) is 1.00. The fraction of sp³-hybridized carbons (Fsp3) is 0.333. The lowest BCUT2D eigenvalue weighted by atomic mass is 10.0. The largest absolute Gasteiger partial charge is 0.493 e. The Morgan fingerprint density at radius 2 is 1.81 bits per heavy atom. The number of ether oxygens (including phenoxy) is 1. The molecule has 0 spiro atoms. The SMILES string of the molecule is NCCCN(CC1COc2ccccc21)c1ccccc1. The van der Waals surface area contributed by atoms with Crippen molar-refractivity contribution in [1.82, 2.24) is 0 Å². The monoisotopic (exact) mass is 282 g/mol. The Kier molecular flexibility index (Phi) is 4.41. The smallest absolute Gasteiger partial charge is 0.122 e. The molecule has 2 N–H and O–H groups in total. The van der Waals surface area contributed by atoms with E-state index in [9.17, 15) is 0 Å². The molecule has 0 fully saturated rings. The first-order valence-corrected chi connectivity index (χ1v) is 7.60. The molecule has 0 radical (unpaired) electrons. The molecule has 21 heavy (non-hydrogen) atoms. The third kappa shape index (κ3) is 3.19. The fourth-order valence-electron chi connectivity index (χ4n) is 2.89. The van der Waals surface area contributed by atoms with Crippen molar-refractivity contribution in [2.24, 2.45) is 5.73 Å². The van der Waals surface area contributed by atoms with Gasteiger partial charge >= 0.3 is 0 Å². The number of rotatable bonds is 6. The van der Waals surface area contributed by atoms with E-state index in [0.717, 1.165) is 38.4 Å². The molecule has 2 aromatic rings. The van der Waals surface area contributed by atoms with Gasteiger partial charge in [0.05, 0.1) is 6.61 Å². The molecule has 3 nitrogen and oxygen atoms in total. The topological polar surface area (TPSA) is 38.5 Å². The first-order valence-electron chi connectivity index (χ1n) is 7.60. The average molecular weight is 282 g/mol. The third-order valence-corrected chi connectivity index (χ3v) is 3.99. The minimum Gasteiger partial charge on any atom is -0.493 e. The maximum absolute atomic E-state index is 5.80. The first kappa shape index (κ1) is 14.0. The zero-order valence-corrected chi connectivity index (χ0v) is 12.2. The van der Waals surface area contributed by atoms with E-state index in [4.69, 9.17) is 10.5 Å². The molecular weight excluding hydrogens is 260 g/mol. The molecule has 0 aromatic heterocycles. The highest BCUT2D eigenvalue weighted by Crippen LogP contribution is 2.34. The van der Waals surface area contributed by atoms with Crippen molar-refractivity contribution < 1.29 is 4.74 Å². The molecule has 3 heteroatoms. The number of hydrogen-bond acceptors (Lipinski definition) is 3. The van der Waals surface area contributed by atoms with E-state index in [1.807, 2.05) is 6.07 Å². The van der Waals surface area contributed by atoms with Crippen LogP contribution >= 0.6 is 0 Å². The Hall–Kier alpha value is -2.00. The van der Waals surface area contributed by atoms with Gasteiger partial charge in [0.1, 0.15) is 5.75 Å². The second kappa shape index (κ2) is 6.64. The van der Waals surface area contributed by atoms with Gasteiger partial charge in [0, 0.05) is 30.3 Å². The molecule has 1 atom stereocenters. The highest BCUT2D eigenvalue weighted by atomic mass is 16.5. The highest BCUT2D eigenvalue weighted by Gasteiger charge is 2.25. The lowest BCUT2D eigenvalue weighted by Gasteiger charge is -2.27. The van der Waals surface area contributed by atoms with Crippen LogP contribution in [-0.4, -0.2) is 26.2 Å². The normalized spacial score (nSPS) is 16.3. The summed E-state index contributed by atoms with van der Waals surface area (Å²) >= 11 is 0. The van der Waals surface area contributed by atoms with Crippen LogP contribution < -0.4 is 15.4 Å². The van der Waals surface area contributed by atoms with Gasteiger partial charge in [-0.2, -0.15) is 0 Å². The number of anilines is 1. The Morgan fingerprint density at radius 1 is 1.05 bits per heavy atom. The summed E-state index contributed by atoms with van der Waals surface area (Å²) in [5.74, 6) is 1.47. The van der Waals surface area contributed by atoms with E-state index in [2.05, 4.69) is 53.4 Å². The highest BCUT2D eigenvalue weighted by molar-refractivity contribution is 5.48. The molecule has 3 rings (SSSR count). The van der Waals surface area contributed by atoms with E-state index in [1.165, 1.54) is 11.3 Å². The van der Waals surface area contributed by atoms with Gasteiger partial charge < -0.3 is 15.4 Å². The third-order valence-electron chi connectivity index (χ3n) is 3.99. The molecule has 1 aliphatic heterocycles. The van der Waals surface area contributed by atoms with Crippen LogP contribution in [0.15, 0.2) is 54.6 Å². The Balaban J connectivity index is 1.76. The number of benzene rings is 2. The minimum atomic E-state index is 0.430. The van der Waals surface area contributed by atoms with Crippen molar-refractivity contribution in [2.45, 2.75) is 12.3 Å². The molecule has 2 aromatic carbocycles. The lowest BCUT2D eigenvalue weighted by Crippen LogP contribution is -2.31. The van der Waals surface area contributed by atoms with Gasteiger partial charge in [-0.15, -0.1) is 0 Å². The number of hydrogen-bond donors (Lipinski definition) is 1. The summed E-state index contributed by atoms with van der Waals surface area (Å²) in [5, 5.41) is 0. The molecule has 1 aliphatic rings. The number of fused-ring (bicyclic) bond motifs is 1. The zero-order chi connectivity index (χ0) is 14.5. The van der Waals surface area contributed by atoms with Crippen molar-refractivity contribution in [2.75, 3.05) is 31.1 Å². The summed E-state index contributed by atoms with van der Waals surface area (Å²) < 4.78 is 5.80. The van der Waals surface area contributed by atoms with Crippen molar-refractivity contribution in [3.63, 3.8) is 0 Å². The average Bonchev–Trinajstić information content (AvgIpc) is 2.95. The fourth-order valence-corrected chi connectivity index (χ4v) is 2.89. The summed E-state index contributed by atoms with van der Waals surface area (Å²) in [5.41, 5.74) is 8.27. The van der Waals surface area contributed by atoms with Crippen LogP contribution in [-0.2, 0) is 0 Å². The van der Waals surface area contributed by atoms with Crippen molar-refractivity contribution in [3.05, 3.63) is 60.2 Å². The maximum atomic E-state index is 5.80.